The zero-order chi connectivity index (χ0) is 41.8. The molecule has 14 heteroatoms. The van der Waals surface area contributed by atoms with Crippen molar-refractivity contribution in [3.05, 3.63) is 120 Å². The predicted octanol–water partition coefficient (Wildman–Crippen LogP) is 8.62. The fourth-order valence-electron chi connectivity index (χ4n) is 6.00. The molecule has 2 heterocycles. The highest BCUT2D eigenvalue weighted by Crippen LogP contribution is 2.36. The van der Waals surface area contributed by atoms with Gasteiger partial charge in [0.15, 0.2) is 0 Å². The number of pyridine rings is 1. The van der Waals surface area contributed by atoms with Gasteiger partial charge in [0, 0.05) is 65.5 Å². The third kappa shape index (κ3) is 11.6. The van der Waals surface area contributed by atoms with Gasteiger partial charge in [-0.25, -0.2) is 14.5 Å². The highest BCUT2D eigenvalue weighted by atomic mass is 16.5. The van der Waals surface area contributed by atoms with Gasteiger partial charge in [0.2, 0.25) is 0 Å². The molecular weight excluding hydrogens is 751 g/mol. The Balaban J connectivity index is 1.12. The maximum absolute atomic E-state index is 13.5. The summed E-state index contributed by atoms with van der Waals surface area (Å²) in [4.78, 5) is 31.0. The lowest BCUT2D eigenvalue weighted by molar-refractivity contribution is 0.0255. The number of anilines is 4. The van der Waals surface area contributed by atoms with Crippen molar-refractivity contribution < 1.29 is 33.3 Å². The van der Waals surface area contributed by atoms with Crippen LogP contribution in [0, 0.1) is 6.92 Å². The summed E-state index contributed by atoms with van der Waals surface area (Å²) in [5, 5.41) is 18.6. The van der Waals surface area contributed by atoms with Crippen LogP contribution >= 0.6 is 0 Å². The highest BCUT2D eigenvalue weighted by molar-refractivity contribution is 6.07. The molecule has 0 radical (unpaired) electrons. The SMILES string of the molecule is COCCOCCOCCNC(=O)c1cc(Nc2cc(Oc3ccc(NC(=O)Nc4cc(C(C)(C)C)nn4-c4ccc(C)cc4)c4ccccc34)ccn2)cc(OC)c1. The Morgan fingerprint density at radius 2 is 1.51 bits per heavy atom. The number of nitrogens with one attached hydrogen (secondary N) is 4. The Morgan fingerprint density at radius 1 is 0.763 bits per heavy atom. The molecule has 0 spiro atoms. The summed E-state index contributed by atoms with van der Waals surface area (Å²) < 4.78 is 29.5. The van der Waals surface area contributed by atoms with Gasteiger partial charge in [-0.05, 0) is 49.4 Å². The molecule has 6 aromatic rings. The van der Waals surface area contributed by atoms with Crippen LogP contribution in [0.15, 0.2) is 103 Å². The quantitative estimate of drug-likeness (QED) is 0.0620. The van der Waals surface area contributed by atoms with Crippen LogP contribution in [0.4, 0.5) is 27.8 Å². The molecule has 0 unspecified atom stereocenters. The number of benzene rings is 4. The van der Waals surface area contributed by atoms with Gasteiger partial charge in [0.05, 0.1) is 57.2 Å². The molecule has 2 aromatic heterocycles. The molecule has 59 heavy (non-hydrogen) atoms. The van der Waals surface area contributed by atoms with E-state index in [1.54, 1.807) is 55.4 Å². The molecule has 0 aliphatic rings. The summed E-state index contributed by atoms with van der Waals surface area (Å²) in [7, 11) is 3.16. The topological polar surface area (TPSA) is 159 Å². The fourth-order valence-corrected chi connectivity index (χ4v) is 6.00. The van der Waals surface area contributed by atoms with Crippen LogP contribution in [-0.2, 0) is 19.6 Å². The van der Waals surface area contributed by atoms with E-state index >= 15 is 0 Å². The molecule has 0 bridgehead atoms. The van der Waals surface area contributed by atoms with Gasteiger partial charge in [-0.1, -0.05) is 62.7 Å². The van der Waals surface area contributed by atoms with Crippen molar-refractivity contribution >= 4 is 45.7 Å². The fraction of sp³-hybridized carbons (Fsp3) is 0.289. The van der Waals surface area contributed by atoms with E-state index in [1.807, 2.05) is 73.7 Å². The highest BCUT2D eigenvalue weighted by Gasteiger charge is 2.22. The summed E-state index contributed by atoms with van der Waals surface area (Å²) in [6.07, 6.45) is 1.63. The second kappa shape index (κ2) is 19.8. The summed E-state index contributed by atoms with van der Waals surface area (Å²) in [6.45, 7) is 10.9. The molecular formula is C45H51N7O7. The van der Waals surface area contributed by atoms with E-state index in [2.05, 4.69) is 47.0 Å². The summed E-state index contributed by atoms with van der Waals surface area (Å²) in [6, 6.07) is 29.4. The number of fused-ring (bicyclic) bond motifs is 1. The minimum Gasteiger partial charge on any atom is -0.497 e. The minimum atomic E-state index is -0.412. The monoisotopic (exact) mass is 801 g/mol. The maximum atomic E-state index is 13.5. The normalized spacial score (nSPS) is 11.3. The van der Waals surface area contributed by atoms with E-state index in [9.17, 15) is 9.59 Å². The summed E-state index contributed by atoms with van der Waals surface area (Å²) in [5.41, 5.74) is 4.20. The molecule has 14 nitrogen and oxygen atoms in total. The zero-order valence-electron chi connectivity index (χ0n) is 34.3. The van der Waals surface area contributed by atoms with Crippen molar-refractivity contribution in [1.29, 1.82) is 0 Å². The largest absolute Gasteiger partial charge is 0.497 e. The minimum absolute atomic E-state index is 0.227. The smallest absolute Gasteiger partial charge is 0.324 e. The van der Waals surface area contributed by atoms with Gasteiger partial charge in [0.25, 0.3) is 5.91 Å². The van der Waals surface area contributed by atoms with Crippen molar-refractivity contribution in [2.45, 2.75) is 33.1 Å². The van der Waals surface area contributed by atoms with E-state index in [-0.39, 0.29) is 11.3 Å². The summed E-state index contributed by atoms with van der Waals surface area (Å²) >= 11 is 0. The summed E-state index contributed by atoms with van der Waals surface area (Å²) in [5.74, 6) is 2.37. The average molecular weight is 802 g/mol. The van der Waals surface area contributed by atoms with Gasteiger partial charge in [-0.15, -0.1) is 0 Å². The number of hydrogen-bond donors (Lipinski definition) is 4. The van der Waals surface area contributed by atoms with Crippen LogP contribution in [0.2, 0.25) is 0 Å². The number of urea groups is 1. The number of carbonyl (C=O) groups excluding carboxylic acids is 2. The van der Waals surface area contributed by atoms with Gasteiger partial charge < -0.3 is 39.6 Å². The number of methoxy groups -OCH3 is 2. The van der Waals surface area contributed by atoms with Crippen LogP contribution in [0.3, 0.4) is 0 Å². The Hall–Kier alpha value is -6.48. The molecule has 0 saturated carbocycles. The molecule has 0 fully saturated rings. The number of aromatic nitrogens is 3. The van der Waals surface area contributed by atoms with Crippen LogP contribution < -0.4 is 30.7 Å². The first-order valence-corrected chi connectivity index (χ1v) is 19.3. The average Bonchev–Trinajstić information content (AvgIpc) is 3.65. The van der Waals surface area contributed by atoms with Crippen molar-refractivity contribution in [2.24, 2.45) is 0 Å². The molecule has 6 rings (SSSR count). The van der Waals surface area contributed by atoms with Crippen molar-refractivity contribution in [3.63, 3.8) is 0 Å². The molecule has 0 aliphatic heterocycles. The Kier molecular flexibility index (Phi) is 14.1. The van der Waals surface area contributed by atoms with Crippen LogP contribution in [0.1, 0.15) is 42.4 Å². The number of nitrogens with zero attached hydrogens (tertiary/aromatic N) is 3. The lowest BCUT2D eigenvalue weighted by atomic mass is 9.92. The Labute approximate surface area is 344 Å². The second-order valence-electron chi connectivity index (χ2n) is 14.7. The molecule has 4 N–H and O–H groups in total. The third-order valence-electron chi connectivity index (χ3n) is 9.10. The van der Waals surface area contributed by atoms with Gasteiger partial charge >= 0.3 is 6.03 Å². The van der Waals surface area contributed by atoms with Crippen LogP contribution in [-0.4, -0.2) is 80.5 Å². The van der Waals surface area contributed by atoms with Gasteiger partial charge in [-0.3, -0.25) is 10.1 Å². The van der Waals surface area contributed by atoms with E-state index in [0.29, 0.717) is 85.4 Å². The maximum Gasteiger partial charge on any atom is 0.324 e. The number of amides is 3. The van der Waals surface area contributed by atoms with Gasteiger partial charge in [-0.2, -0.15) is 5.10 Å². The Morgan fingerprint density at radius 3 is 2.25 bits per heavy atom. The second-order valence-corrected chi connectivity index (χ2v) is 14.7. The third-order valence-corrected chi connectivity index (χ3v) is 9.10. The molecule has 0 atom stereocenters. The first kappa shape index (κ1) is 42.1. The molecule has 0 saturated heterocycles. The van der Waals surface area contributed by atoms with Gasteiger partial charge in [0.1, 0.15) is 28.9 Å². The lowest BCUT2D eigenvalue weighted by Crippen LogP contribution is -2.27. The first-order valence-electron chi connectivity index (χ1n) is 19.3. The lowest BCUT2D eigenvalue weighted by Gasteiger charge is -2.15. The van der Waals surface area contributed by atoms with Crippen molar-refractivity contribution in [3.8, 4) is 22.9 Å². The first-order chi connectivity index (χ1) is 28.5. The van der Waals surface area contributed by atoms with Crippen LogP contribution in [0.5, 0.6) is 17.2 Å². The van der Waals surface area contributed by atoms with Crippen molar-refractivity contribution in [1.82, 2.24) is 20.1 Å². The standard InChI is InChI=1S/C45H51N7O7/c1-30-11-13-33(14-12-30)52-42(29-40(51-52)45(2,3)4)50-44(54)49-38-15-16-39(37-10-8-7-9-36(37)38)59-34-17-18-46-41(28-34)48-32-25-31(26-35(27-32)56-6)43(53)47-19-20-57-23-24-58-22-21-55-5/h7-18,25-29H,19-24H2,1-6H3,(H,46,48)(H,47,53)(H2,49,50,54). The molecule has 3 amide bonds. The number of ether oxygens (including phenoxy) is 5. The predicted molar refractivity (Wildman–Crippen MR) is 230 cm³/mol. The number of rotatable bonds is 18. The van der Waals surface area contributed by atoms with Crippen molar-refractivity contribution in [2.75, 3.05) is 69.7 Å². The molecule has 308 valence electrons. The Bertz CT molecular complexity index is 2360. The number of aryl methyl sites for hydroxylation is 1. The molecule has 4 aromatic carbocycles. The van der Waals surface area contributed by atoms with E-state index in [4.69, 9.17) is 28.8 Å². The van der Waals surface area contributed by atoms with E-state index in [0.717, 1.165) is 27.7 Å². The molecule has 0 aliphatic carbocycles. The zero-order valence-corrected chi connectivity index (χ0v) is 34.3. The van der Waals surface area contributed by atoms with Crippen LogP contribution in [0.25, 0.3) is 16.5 Å². The number of carbonyl (C=O) groups is 2. The van der Waals surface area contributed by atoms with E-state index in [1.165, 1.54) is 0 Å². The van der Waals surface area contributed by atoms with E-state index < -0.39 is 6.03 Å². The number of hydrogen-bond acceptors (Lipinski definition) is 10.